The minimum atomic E-state index is 0.320. The maximum Gasteiger partial charge on any atom is -0.0104 e. The second-order valence-electron chi connectivity index (χ2n) is 6.77. The van der Waals surface area contributed by atoms with Gasteiger partial charge in [-0.15, -0.1) is 0 Å². The molecule has 22 heavy (non-hydrogen) atoms. The summed E-state index contributed by atoms with van der Waals surface area (Å²) < 4.78 is 2.08. The van der Waals surface area contributed by atoms with E-state index >= 15 is 0 Å². The smallest absolute Gasteiger partial charge is 0.0104 e. The lowest BCUT2D eigenvalue weighted by Crippen LogP contribution is -2.19. The van der Waals surface area contributed by atoms with Crippen LogP contribution in [0.5, 0.6) is 0 Å². The summed E-state index contributed by atoms with van der Waals surface area (Å²) in [6.07, 6.45) is 19.0. The second kappa shape index (κ2) is 9.34. The lowest BCUT2D eigenvalue weighted by molar-refractivity contribution is 0.377. The molecule has 0 aromatic rings. The van der Waals surface area contributed by atoms with Gasteiger partial charge in [0.25, 0.3) is 0 Å². The van der Waals surface area contributed by atoms with Gasteiger partial charge in [0.05, 0.1) is 0 Å². The van der Waals surface area contributed by atoms with E-state index in [4.69, 9.17) is 0 Å². The molecule has 0 unspecified atom stereocenters. The molecule has 0 radical (unpaired) electrons. The number of hydrogen-bond acceptors (Lipinski definition) is 0. The van der Waals surface area contributed by atoms with Crippen molar-refractivity contribution in [2.45, 2.75) is 53.9 Å². The van der Waals surface area contributed by atoms with Gasteiger partial charge in [0.1, 0.15) is 0 Å². The van der Waals surface area contributed by atoms with Crippen molar-refractivity contribution in [3.63, 3.8) is 0 Å². The third-order valence-corrected chi connectivity index (χ3v) is 5.15. The zero-order chi connectivity index (χ0) is 16.6. The molecule has 120 valence electrons. The highest BCUT2D eigenvalue weighted by Gasteiger charge is 2.26. The van der Waals surface area contributed by atoms with Crippen LogP contribution in [-0.4, -0.2) is 0 Å². The Bertz CT molecular complexity index is 548. The van der Waals surface area contributed by atoms with Crippen LogP contribution in [0.2, 0.25) is 0 Å². The Morgan fingerprint density at radius 1 is 1.05 bits per heavy atom. The maximum absolute atomic E-state index is 2.36. The Morgan fingerprint density at radius 3 is 2.41 bits per heavy atom. The monoisotopic (exact) mass is 408 g/mol. The molecule has 1 aliphatic rings. The van der Waals surface area contributed by atoms with Crippen LogP contribution in [0.3, 0.4) is 0 Å². The highest BCUT2D eigenvalue weighted by atomic mass is 127. The largest absolute Gasteiger partial charge is 0.0696 e. The summed E-state index contributed by atoms with van der Waals surface area (Å²) in [5.41, 5.74) is 5.96. The van der Waals surface area contributed by atoms with Gasteiger partial charge in [-0.3, -0.25) is 0 Å². The predicted molar refractivity (Wildman–Crippen MR) is 109 cm³/mol. The van der Waals surface area contributed by atoms with Gasteiger partial charge in [0.2, 0.25) is 0 Å². The molecule has 0 amide bonds. The average molecular weight is 408 g/mol. The molecule has 0 aromatic carbocycles. The van der Waals surface area contributed by atoms with Crippen LogP contribution in [0.15, 0.2) is 68.9 Å². The van der Waals surface area contributed by atoms with Crippen LogP contribution in [0.4, 0.5) is 0 Å². The van der Waals surface area contributed by atoms with Crippen molar-refractivity contribution >= 4 is 22.6 Å². The highest BCUT2D eigenvalue weighted by molar-refractivity contribution is 14.1. The molecule has 0 bridgehead atoms. The first kappa shape index (κ1) is 19.2. The maximum atomic E-state index is 2.36. The molecule has 1 heteroatoms. The van der Waals surface area contributed by atoms with Crippen molar-refractivity contribution in [1.82, 2.24) is 0 Å². The fourth-order valence-corrected chi connectivity index (χ4v) is 3.00. The quantitative estimate of drug-likeness (QED) is 0.327. The summed E-state index contributed by atoms with van der Waals surface area (Å²) >= 11 is 2.26. The van der Waals surface area contributed by atoms with Gasteiger partial charge in [-0.2, -0.15) is 0 Å². The Balaban J connectivity index is 2.71. The van der Waals surface area contributed by atoms with Gasteiger partial charge in [-0.05, 0) is 60.7 Å². The van der Waals surface area contributed by atoms with E-state index in [2.05, 4.69) is 104 Å². The van der Waals surface area contributed by atoms with Gasteiger partial charge in [0, 0.05) is 0 Å². The van der Waals surface area contributed by atoms with E-state index in [0.717, 1.165) is 0 Å². The lowest BCUT2D eigenvalue weighted by atomic mass is 9.72. The summed E-state index contributed by atoms with van der Waals surface area (Å²) in [6.45, 7) is 11.3. The molecule has 0 aliphatic heterocycles. The molecule has 0 fully saturated rings. The summed E-state index contributed by atoms with van der Waals surface area (Å²) in [6, 6.07) is 0. The van der Waals surface area contributed by atoms with Crippen LogP contribution < -0.4 is 0 Å². The molecule has 0 N–H and O–H groups in total. The fraction of sp³-hybridized carbons (Fsp3) is 0.429. The molecule has 0 saturated carbocycles. The number of halogens is 1. The number of hydrogen-bond donors (Lipinski definition) is 0. The summed E-state index contributed by atoms with van der Waals surface area (Å²) in [4.78, 5) is 0. The van der Waals surface area contributed by atoms with E-state index < -0.39 is 0 Å². The summed E-state index contributed by atoms with van der Waals surface area (Å²) in [7, 11) is 0. The van der Waals surface area contributed by atoms with Gasteiger partial charge in [-0.25, -0.2) is 0 Å². The highest BCUT2D eigenvalue weighted by Crippen LogP contribution is 2.40. The van der Waals surface area contributed by atoms with Gasteiger partial charge in [-0.1, -0.05) is 90.1 Å². The third kappa shape index (κ3) is 6.51. The zero-order valence-electron chi connectivity index (χ0n) is 14.6. The fourth-order valence-electron chi connectivity index (χ4n) is 2.80. The van der Waals surface area contributed by atoms with Crippen LogP contribution in [-0.2, 0) is 0 Å². The first-order valence-corrected chi connectivity index (χ1v) is 9.28. The van der Waals surface area contributed by atoms with E-state index in [-0.39, 0.29) is 0 Å². The minimum absolute atomic E-state index is 0.320. The topological polar surface area (TPSA) is 0 Å². The zero-order valence-corrected chi connectivity index (χ0v) is 16.8. The van der Waals surface area contributed by atoms with E-state index in [1.54, 1.807) is 5.57 Å². The van der Waals surface area contributed by atoms with Gasteiger partial charge in [0.15, 0.2) is 0 Å². The standard InChI is InChI=1S/C21H29I/c1-17(10-7-6-8-11-18(2)16-22)13-14-20-19(3)12-9-15-21(20,4)5/h6-8,10-11,13-14,16H,9,12,15H2,1-5H3/b7-6+,11-8+,14-13+,17-10+,18-16+. The molecule has 0 saturated heterocycles. The normalized spacial score (nSPS) is 20.8. The van der Waals surface area contributed by atoms with Crippen molar-refractivity contribution in [3.8, 4) is 0 Å². The summed E-state index contributed by atoms with van der Waals surface area (Å²) in [5.74, 6) is 0. The molecular weight excluding hydrogens is 379 g/mol. The first-order chi connectivity index (χ1) is 10.4. The van der Waals surface area contributed by atoms with E-state index in [9.17, 15) is 0 Å². The van der Waals surface area contributed by atoms with Crippen molar-refractivity contribution < 1.29 is 0 Å². The van der Waals surface area contributed by atoms with Crippen molar-refractivity contribution in [2.75, 3.05) is 0 Å². The Morgan fingerprint density at radius 2 is 1.77 bits per heavy atom. The molecular formula is C21H29I. The van der Waals surface area contributed by atoms with Crippen molar-refractivity contribution in [3.05, 3.63) is 68.9 Å². The van der Waals surface area contributed by atoms with Crippen LogP contribution >= 0.6 is 22.6 Å². The van der Waals surface area contributed by atoms with Gasteiger partial charge >= 0.3 is 0 Å². The van der Waals surface area contributed by atoms with E-state index in [1.165, 1.54) is 36.0 Å². The van der Waals surface area contributed by atoms with E-state index in [1.807, 2.05) is 0 Å². The summed E-state index contributed by atoms with van der Waals surface area (Å²) in [5, 5.41) is 0. The van der Waals surface area contributed by atoms with Crippen LogP contribution in [0.1, 0.15) is 53.9 Å². The second-order valence-corrected chi connectivity index (χ2v) is 7.40. The lowest BCUT2D eigenvalue weighted by Gasteiger charge is -2.32. The molecule has 1 rings (SSSR count). The average Bonchev–Trinajstić information content (AvgIpc) is 2.45. The van der Waals surface area contributed by atoms with Crippen LogP contribution in [0, 0.1) is 5.41 Å². The van der Waals surface area contributed by atoms with Crippen LogP contribution in [0.25, 0.3) is 0 Å². The molecule has 0 spiro atoms. The Labute approximate surface area is 150 Å². The molecule has 0 aromatic heterocycles. The third-order valence-electron chi connectivity index (χ3n) is 4.17. The molecule has 0 heterocycles. The van der Waals surface area contributed by atoms with Crippen molar-refractivity contribution in [1.29, 1.82) is 0 Å². The predicted octanol–water partition coefficient (Wildman–Crippen LogP) is 7.47. The Kier molecular flexibility index (Phi) is 8.16. The Hall–Kier alpha value is -0.830. The SMILES string of the molecule is CC1=C(/C=C/C(C)=C/C=C/C=C/C(C)=C/I)C(C)(C)CCC1. The first-order valence-electron chi connectivity index (χ1n) is 8.04. The van der Waals surface area contributed by atoms with E-state index in [0.29, 0.717) is 5.41 Å². The molecule has 1 aliphatic carbocycles. The minimum Gasteiger partial charge on any atom is -0.0696 e. The number of rotatable bonds is 5. The molecule has 0 atom stereocenters. The molecule has 0 nitrogen and oxygen atoms in total. The number of allylic oxidation sites excluding steroid dienone is 11. The van der Waals surface area contributed by atoms with Crippen molar-refractivity contribution in [2.24, 2.45) is 5.41 Å². The van der Waals surface area contributed by atoms with Gasteiger partial charge < -0.3 is 0 Å².